The Hall–Kier alpha value is -2.05. The van der Waals surface area contributed by atoms with Crippen molar-refractivity contribution in [2.75, 3.05) is 26.3 Å². The zero-order valence-electron chi connectivity index (χ0n) is 15.5. The van der Waals surface area contributed by atoms with Crippen molar-refractivity contribution in [3.8, 4) is 5.88 Å². The van der Waals surface area contributed by atoms with E-state index in [-0.39, 0.29) is 17.8 Å². The van der Waals surface area contributed by atoms with Crippen LogP contribution in [-0.2, 0) is 16.1 Å². The monoisotopic (exact) mass is 351 g/mol. The molecule has 0 saturated carbocycles. The summed E-state index contributed by atoms with van der Waals surface area (Å²) in [5, 5.41) is 4.39. The molecule has 140 valence electrons. The van der Waals surface area contributed by atoms with Gasteiger partial charge in [-0.1, -0.05) is 13.8 Å². The van der Waals surface area contributed by atoms with Crippen molar-refractivity contribution >= 4 is 11.9 Å². The third-order valence-electron chi connectivity index (χ3n) is 4.26. The summed E-state index contributed by atoms with van der Waals surface area (Å²) < 4.78 is 12.5. The van der Waals surface area contributed by atoms with Crippen LogP contribution >= 0.6 is 0 Å². The Kier molecular flexibility index (Phi) is 7.28. The molecular formula is C18H29N3O4. The largest absolute Gasteiger partial charge is 0.476 e. The van der Waals surface area contributed by atoms with Gasteiger partial charge in [-0.3, -0.25) is 14.3 Å². The van der Waals surface area contributed by atoms with Gasteiger partial charge in [0, 0.05) is 25.8 Å². The molecule has 2 rings (SSSR count). The molecule has 0 aliphatic carbocycles. The fourth-order valence-electron chi connectivity index (χ4n) is 2.95. The normalized spacial score (nSPS) is 15.2. The highest BCUT2D eigenvalue weighted by atomic mass is 16.5. The Bertz CT molecular complexity index is 577. The Morgan fingerprint density at radius 2 is 1.92 bits per heavy atom. The highest BCUT2D eigenvalue weighted by molar-refractivity contribution is 5.96. The van der Waals surface area contributed by atoms with Gasteiger partial charge < -0.3 is 14.4 Å². The van der Waals surface area contributed by atoms with Gasteiger partial charge in [0.2, 0.25) is 5.88 Å². The molecule has 7 nitrogen and oxygen atoms in total. The number of hydrogen-bond donors (Lipinski definition) is 0. The van der Waals surface area contributed by atoms with Crippen LogP contribution in [0.1, 0.15) is 56.8 Å². The van der Waals surface area contributed by atoms with E-state index in [1.807, 2.05) is 13.8 Å². The minimum absolute atomic E-state index is 0.0734. The number of nitrogens with zero attached hydrogens (tertiary/aromatic N) is 3. The molecule has 1 fully saturated rings. The van der Waals surface area contributed by atoms with Crippen molar-refractivity contribution in [1.29, 1.82) is 0 Å². The summed E-state index contributed by atoms with van der Waals surface area (Å²) in [5.41, 5.74) is 0.511. The molecule has 25 heavy (non-hydrogen) atoms. The fraction of sp³-hybridized carbons (Fsp3) is 0.722. The van der Waals surface area contributed by atoms with E-state index in [1.54, 1.807) is 15.8 Å². The molecule has 1 aromatic heterocycles. The summed E-state index contributed by atoms with van der Waals surface area (Å²) in [7, 11) is 0. The van der Waals surface area contributed by atoms with E-state index < -0.39 is 0 Å². The second kappa shape index (κ2) is 9.44. The van der Waals surface area contributed by atoms with E-state index in [9.17, 15) is 9.59 Å². The zero-order chi connectivity index (χ0) is 18.2. The second-order valence-electron chi connectivity index (χ2n) is 6.28. The van der Waals surface area contributed by atoms with Gasteiger partial charge in [-0.05, 0) is 32.6 Å². The van der Waals surface area contributed by atoms with Crippen molar-refractivity contribution in [2.24, 2.45) is 5.92 Å². The predicted molar refractivity (Wildman–Crippen MR) is 93.6 cm³/mol. The molecule has 0 radical (unpaired) electrons. The van der Waals surface area contributed by atoms with Crippen molar-refractivity contribution in [2.45, 2.75) is 53.0 Å². The number of likely N-dealkylation sites (tertiary alicyclic amines) is 1. The number of esters is 1. The first-order valence-corrected chi connectivity index (χ1v) is 9.26. The van der Waals surface area contributed by atoms with Crippen LogP contribution in [0.15, 0.2) is 6.20 Å². The van der Waals surface area contributed by atoms with Crippen molar-refractivity contribution in [1.82, 2.24) is 14.7 Å². The first-order valence-electron chi connectivity index (χ1n) is 9.26. The molecule has 1 aliphatic heterocycles. The molecule has 0 spiro atoms. The quantitative estimate of drug-likeness (QED) is 0.673. The average molecular weight is 351 g/mol. The number of amides is 1. The van der Waals surface area contributed by atoms with Gasteiger partial charge >= 0.3 is 5.97 Å². The molecule has 0 atom stereocenters. The summed E-state index contributed by atoms with van der Waals surface area (Å²) in [6.07, 6.45) is 4.85. The highest BCUT2D eigenvalue weighted by Crippen LogP contribution is 2.24. The topological polar surface area (TPSA) is 73.7 Å². The van der Waals surface area contributed by atoms with Gasteiger partial charge in [0.15, 0.2) is 0 Å². The summed E-state index contributed by atoms with van der Waals surface area (Å²) >= 11 is 0. The van der Waals surface area contributed by atoms with Crippen LogP contribution in [0.2, 0.25) is 0 Å². The van der Waals surface area contributed by atoms with E-state index in [0.717, 1.165) is 19.4 Å². The summed E-state index contributed by atoms with van der Waals surface area (Å²) in [6, 6.07) is 0. The Balaban J connectivity index is 2.03. The molecule has 0 N–H and O–H groups in total. The number of hydrogen-bond acceptors (Lipinski definition) is 5. The lowest BCUT2D eigenvalue weighted by molar-refractivity contribution is -0.149. The smallest absolute Gasteiger partial charge is 0.309 e. The Morgan fingerprint density at radius 1 is 1.20 bits per heavy atom. The summed E-state index contributed by atoms with van der Waals surface area (Å²) in [5.74, 6) is 0.0727. The van der Waals surface area contributed by atoms with Crippen LogP contribution in [0.3, 0.4) is 0 Å². The maximum Gasteiger partial charge on any atom is 0.309 e. The van der Waals surface area contributed by atoms with Gasteiger partial charge in [0.25, 0.3) is 5.91 Å². The van der Waals surface area contributed by atoms with Crippen LogP contribution in [-0.4, -0.2) is 52.9 Å². The predicted octanol–water partition coefficient (Wildman–Crippen LogP) is 2.50. The van der Waals surface area contributed by atoms with Crippen molar-refractivity contribution < 1.29 is 19.1 Å². The van der Waals surface area contributed by atoms with E-state index in [1.165, 1.54) is 0 Å². The average Bonchev–Trinajstić information content (AvgIpc) is 3.02. The number of carbonyl (C=O) groups is 2. The third kappa shape index (κ3) is 4.96. The maximum absolute atomic E-state index is 12.9. The third-order valence-corrected chi connectivity index (χ3v) is 4.26. The molecule has 1 saturated heterocycles. The van der Waals surface area contributed by atoms with E-state index in [2.05, 4.69) is 12.0 Å². The van der Waals surface area contributed by atoms with Crippen molar-refractivity contribution in [3.05, 3.63) is 11.8 Å². The summed E-state index contributed by atoms with van der Waals surface area (Å²) in [4.78, 5) is 26.5. The fourth-order valence-corrected chi connectivity index (χ4v) is 2.95. The number of piperidine rings is 1. The summed E-state index contributed by atoms with van der Waals surface area (Å²) in [6.45, 7) is 8.67. The van der Waals surface area contributed by atoms with Crippen molar-refractivity contribution in [3.63, 3.8) is 0 Å². The van der Waals surface area contributed by atoms with E-state index in [0.29, 0.717) is 50.6 Å². The lowest BCUT2D eigenvalue weighted by Gasteiger charge is -2.30. The maximum atomic E-state index is 12.9. The molecule has 2 heterocycles. The van der Waals surface area contributed by atoms with Crippen LogP contribution in [0.5, 0.6) is 5.88 Å². The van der Waals surface area contributed by atoms with Gasteiger partial charge in [0.1, 0.15) is 5.56 Å². The number of aryl methyl sites for hydroxylation is 1. The molecule has 0 unspecified atom stereocenters. The number of aromatic nitrogens is 2. The first kappa shape index (κ1) is 19.3. The van der Waals surface area contributed by atoms with E-state index >= 15 is 0 Å². The highest BCUT2D eigenvalue weighted by Gasteiger charge is 2.30. The lowest BCUT2D eigenvalue weighted by atomic mass is 9.96. The van der Waals surface area contributed by atoms with Crippen LogP contribution in [0.4, 0.5) is 0 Å². The Morgan fingerprint density at radius 3 is 2.52 bits per heavy atom. The van der Waals surface area contributed by atoms with Gasteiger partial charge in [0.05, 0.1) is 19.1 Å². The minimum atomic E-state index is -0.155. The van der Waals surface area contributed by atoms with Gasteiger partial charge in [-0.2, -0.15) is 0 Å². The molecule has 7 heteroatoms. The first-order chi connectivity index (χ1) is 12.1. The molecular weight excluding hydrogens is 322 g/mol. The molecule has 0 bridgehead atoms. The Labute approximate surface area is 149 Å². The minimum Gasteiger partial charge on any atom is -0.476 e. The van der Waals surface area contributed by atoms with Crippen LogP contribution in [0, 0.1) is 5.92 Å². The number of rotatable bonds is 8. The molecule has 0 aromatic carbocycles. The van der Waals surface area contributed by atoms with Crippen LogP contribution in [0.25, 0.3) is 0 Å². The van der Waals surface area contributed by atoms with Gasteiger partial charge in [-0.15, -0.1) is 5.10 Å². The number of ether oxygens (including phenoxy) is 2. The zero-order valence-corrected chi connectivity index (χ0v) is 15.5. The molecule has 1 aliphatic rings. The number of carbonyl (C=O) groups excluding carboxylic acids is 2. The molecule has 1 aromatic rings. The lowest BCUT2D eigenvalue weighted by Crippen LogP contribution is -2.40. The SMILES string of the molecule is CCCOc1nn(CCC)cc1C(=O)N1CCC(C(=O)OCC)CC1. The van der Waals surface area contributed by atoms with Crippen LogP contribution < -0.4 is 4.74 Å². The molecule has 1 amide bonds. The van der Waals surface area contributed by atoms with E-state index in [4.69, 9.17) is 9.47 Å². The standard InChI is InChI=1S/C18H29N3O4/c1-4-9-21-13-15(16(19-21)25-12-5-2)17(22)20-10-7-14(8-11-20)18(23)24-6-3/h13-14H,4-12H2,1-3H3. The van der Waals surface area contributed by atoms with Gasteiger partial charge in [-0.25, -0.2) is 0 Å². The second-order valence-corrected chi connectivity index (χ2v) is 6.28.